The molecule has 6 heteroatoms. The number of carbonyl (C=O) groups is 1. The minimum atomic E-state index is -0.722. The van der Waals surface area contributed by atoms with E-state index >= 15 is 0 Å². The highest BCUT2D eigenvalue weighted by molar-refractivity contribution is 5.68. The molecule has 1 aliphatic rings. The highest BCUT2D eigenvalue weighted by atomic mass is 16.4. The molecule has 3 heterocycles. The fourth-order valence-electron chi connectivity index (χ4n) is 4.45. The van der Waals surface area contributed by atoms with Gasteiger partial charge in [-0.2, -0.15) is 5.10 Å². The number of aromatic nitrogens is 2. The average Bonchev–Trinajstić information content (AvgIpc) is 3.37. The second kappa shape index (κ2) is 8.66. The van der Waals surface area contributed by atoms with Gasteiger partial charge in [-0.1, -0.05) is 30.3 Å². The molecule has 1 saturated heterocycles. The van der Waals surface area contributed by atoms with Crippen LogP contribution in [0.4, 0.5) is 0 Å². The molecule has 152 valence electrons. The van der Waals surface area contributed by atoms with E-state index in [9.17, 15) is 9.90 Å². The van der Waals surface area contributed by atoms with Gasteiger partial charge in [-0.15, -0.1) is 0 Å². The molecule has 2 aromatic heterocycles. The highest BCUT2D eigenvalue weighted by Crippen LogP contribution is 2.35. The summed E-state index contributed by atoms with van der Waals surface area (Å²) in [6.45, 7) is 2.72. The molecule has 1 aliphatic heterocycles. The lowest BCUT2D eigenvalue weighted by Gasteiger charge is -2.35. The van der Waals surface area contributed by atoms with Gasteiger partial charge in [0.05, 0.1) is 18.4 Å². The Hall–Kier alpha value is -2.86. The summed E-state index contributed by atoms with van der Waals surface area (Å²) >= 11 is 0. The number of aryl methyl sites for hydroxylation is 1. The van der Waals surface area contributed by atoms with Crippen LogP contribution in [0.25, 0.3) is 11.5 Å². The molecule has 29 heavy (non-hydrogen) atoms. The second-order valence-corrected chi connectivity index (χ2v) is 7.85. The summed E-state index contributed by atoms with van der Waals surface area (Å²) in [5, 5.41) is 14.0. The molecule has 1 atom stereocenters. The van der Waals surface area contributed by atoms with Crippen molar-refractivity contribution in [2.24, 2.45) is 13.0 Å². The normalized spacial score (nSPS) is 16.7. The quantitative estimate of drug-likeness (QED) is 0.653. The lowest BCUT2D eigenvalue weighted by molar-refractivity contribution is -0.137. The van der Waals surface area contributed by atoms with Gasteiger partial charge in [0.25, 0.3) is 0 Å². The van der Waals surface area contributed by atoms with Crippen molar-refractivity contribution in [2.45, 2.75) is 31.7 Å². The Kier molecular flexibility index (Phi) is 5.81. The van der Waals surface area contributed by atoms with Crippen molar-refractivity contribution in [3.05, 3.63) is 66.1 Å². The number of benzene rings is 1. The van der Waals surface area contributed by atoms with Gasteiger partial charge in [-0.25, -0.2) is 0 Å². The van der Waals surface area contributed by atoms with Crippen LogP contribution in [0.3, 0.4) is 0 Å². The molecule has 0 radical (unpaired) electrons. The maximum Gasteiger partial charge on any atom is 0.303 e. The van der Waals surface area contributed by atoms with Crippen LogP contribution in [0.15, 0.2) is 59.2 Å². The number of furan rings is 1. The summed E-state index contributed by atoms with van der Waals surface area (Å²) in [5.41, 5.74) is 3.15. The van der Waals surface area contributed by atoms with Crippen molar-refractivity contribution in [1.82, 2.24) is 14.7 Å². The molecule has 0 amide bonds. The zero-order valence-corrected chi connectivity index (χ0v) is 16.7. The first kappa shape index (κ1) is 19.5. The summed E-state index contributed by atoms with van der Waals surface area (Å²) in [6, 6.07) is 16.0. The lowest BCUT2D eigenvalue weighted by Crippen LogP contribution is -2.35. The standard InChI is InChI=1S/C23H27N3O3/c1-25-21(22-8-5-13-29-22)14-19(24-25)16-26-11-9-18(10-12-26)20(15-23(27)28)17-6-3-2-4-7-17/h2-8,13-14,18,20H,9-12,15-16H2,1H3,(H,27,28). The van der Waals surface area contributed by atoms with E-state index < -0.39 is 5.97 Å². The number of hydrogen-bond acceptors (Lipinski definition) is 4. The highest BCUT2D eigenvalue weighted by Gasteiger charge is 2.29. The summed E-state index contributed by atoms with van der Waals surface area (Å²) in [5.74, 6) is 0.577. The van der Waals surface area contributed by atoms with Gasteiger partial charge < -0.3 is 9.52 Å². The third-order valence-electron chi connectivity index (χ3n) is 5.91. The average molecular weight is 393 g/mol. The lowest BCUT2D eigenvalue weighted by atomic mass is 9.78. The molecule has 4 rings (SSSR count). The molecule has 0 bridgehead atoms. The Balaban J connectivity index is 1.39. The van der Waals surface area contributed by atoms with E-state index in [1.165, 1.54) is 0 Å². The smallest absolute Gasteiger partial charge is 0.303 e. The van der Waals surface area contributed by atoms with E-state index in [4.69, 9.17) is 4.42 Å². The molecular weight excluding hydrogens is 366 g/mol. The molecule has 1 fully saturated rings. The van der Waals surface area contributed by atoms with Crippen LogP contribution in [0.2, 0.25) is 0 Å². The number of nitrogens with zero attached hydrogens (tertiary/aromatic N) is 3. The van der Waals surface area contributed by atoms with Crippen LogP contribution in [0.5, 0.6) is 0 Å². The molecule has 1 aromatic carbocycles. The van der Waals surface area contributed by atoms with Crippen molar-refractivity contribution in [3.63, 3.8) is 0 Å². The maximum absolute atomic E-state index is 11.4. The van der Waals surface area contributed by atoms with Gasteiger partial charge in [-0.3, -0.25) is 14.4 Å². The Morgan fingerprint density at radius 3 is 2.62 bits per heavy atom. The summed E-state index contributed by atoms with van der Waals surface area (Å²) in [6.07, 6.45) is 3.88. The molecule has 1 unspecified atom stereocenters. The van der Waals surface area contributed by atoms with E-state index in [2.05, 4.69) is 28.2 Å². The summed E-state index contributed by atoms with van der Waals surface area (Å²) in [7, 11) is 1.93. The Morgan fingerprint density at radius 2 is 1.97 bits per heavy atom. The van der Waals surface area contributed by atoms with Crippen LogP contribution in [0, 0.1) is 5.92 Å². The Labute approximate surface area is 170 Å². The number of piperidine rings is 1. The third-order valence-corrected chi connectivity index (χ3v) is 5.91. The molecule has 1 N–H and O–H groups in total. The molecule has 3 aromatic rings. The van der Waals surface area contributed by atoms with Crippen LogP contribution in [-0.4, -0.2) is 38.8 Å². The fourth-order valence-corrected chi connectivity index (χ4v) is 4.45. The number of likely N-dealkylation sites (tertiary alicyclic amines) is 1. The van der Waals surface area contributed by atoms with Gasteiger partial charge in [-0.05, 0) is 61.5 Å². The number of aliphatic carboxylic acids is 1. The third kappa shape index (κ3) is 4.59. The number of hydrogen-bond donors (Lipinski definition) is 1. The largest absolute Gasteiger partial charge is 0.481 e. The molecular formula is C23H27N3O3. The fraction of sp³-hybridized carbons (Fsp3) is 0.391. The number of carboxylic acids is 1. The monoisotopic (exact) mass is 393 g/mol. The molecule has 0 aliphatic carbocycles. The van der Waals surface area contributed by atoms with Crippen LogP contribution in [-0.2, 0) is 18.4 Å². The number of rotatable bonds is 7. The van der Waals surface area contributed by atoms with E-state index in [0.29, 0.717) is 5.92 Å². The minimum Gasteiger partial charge on any atom is -0.481 e. The van der Waals surface area contributed by atoms with E-state index in [1.807, 2.05) is 42.1 Å². The second-order valence-electron chi connectivity index (χ2n) is 7.85. The first-order valence-corrected chi connectivity index (χ1v) is 10.2. The summed E-state index contributed by atoms with van der Waals surface area (Å²) < 4.78 is 7.36. The van der Waals surface area contributed by atoms with Gasteiger partial charge in [0.15, 0.2) is 5.76 Å². The predicted molar refractivity (Wildman–Crippen MR) is 110 cm³/mol. The predicted octanol–water partition coefficient (Wildman–Crippen LogP) is 4.15. The maximum atomic E-state index is 11.4. The van der Waals surface area contributed by atoms with Crippen molar-refractivity contribution < 1.29 is 14.3 Å². The molecule has 0 spiro atoms. The van der Waals surface area contributed by atoms with Gasteiger partial charge in [0, 0.05) is 13.6 Å². The zero-order chi connectivity index (χ0) is 20.2. The van der Waals surface area contributed by atoms with E-state index in [1.54, 1.807) is 6.26 Å². The van der Waals surface area contributed by atoms with Crippen molar-refractivity contribution >= 4 is 5.97 Å². The van der Waals surface area contributed by atoms with Crippen molar-refractivity contribution in [2.75, 3.05) is 13.1 Å². The Morgan fingerprint density at radius 1 is 1.21 bits per heavy atom. The van der Waals surface area contributed by atoms with Crippen LogP contribution >= 0.6 is 0 Å². The summed E-state index contributed by atoms with van der Waals surface area (Å²) in [4.78, 5) is 13.8. The minimum absolute atomic E-state index is 0.0799. The first-order valence-electron chi connectivity index (χ1n) is 10.2. The number of carboxylic acid groups (broad SMARTS) is 1. The van der Waals surface area contributed by atoms with Gasteiger partial charge >= 0.3 is 5.97 Å². The zero-order valence-electron chi connectivity index (χ0n) is 16.7. The van der Waals surface area contributed by atoms with Gasteiger partial charge in [0.1, 0.15) is 5.69 Å². The van der Waals surface area contributed by atoms with Crippen molar-refractivity contribution in [3.8, 4) is 11.5 Å². The SMILES string of the molecule is Cn1nc(CN2CCC(C(CC(=O)O)c3ccccc3)CC2)cc1-c1ccco1. The molecule has 0 saturated carbocycles. The van der Waals surface area contributed by atoms with Crippen molar-refractivity contribution in [1.29, 1.82) is 0 Å². The van der Waals surface area contributed by atoms with E-state index in [0.717, 1.165) is 55.2 Å². The first-order chi connectivity index (χ1) is 14.1. The van der Waals surface area contributed by atoms with Crippen LogP contribution in [0.1, 0.15) is 36.4 Å². The van der Waals surface area contributed by atoms with Crippen LogP contribution < -0.4 is 0 Å². The van der Waals surface area contributed by atoms with Gasteiger partial charge in [0.2, 0.25) is 0 Å². The van der Waals surface area contributed by atoms with E-state index in [-0.39, 0.29) is 12.3 Å². The molecule has 6 nitrogen and oxygen atoms in total. The Bertz CT molecular complexity index is 926. The topological polar surface area (TPSA) is 71.5 Å².